The molecular formula is C16H27NO4. The number of nitrogens with zero attached hydrogens (tertiary/aromatic N) is 1. The van der Waals surface area contributed by atoms with Gasteiger partial charge in [-0.3, -0.25) is 4.90 Å². The van der Waals surface area contributed by atoms with E-state index in [-0.39, 0.29) is 18.5 Å². The van der Waals surface area contributed by atoms with Crippen LogP contribution < -0.4 is 0 Å². The molecule has 0 aliphatic heterocycles. The van der Waals surface area contributed by atoms with E-state index in [4.69, 9.17) is 15.9 Å². The molecule has 0 aromatic carbocycles. The van der Waals surface area contributed by atoms with E-state index in [0.29, 0.717) is 19.4 Å². The van der Waals surface area contributed by atoms with E-state index in [2.05, 4.69) is 5.92 Å². The molecular weight excluding hydrogens is 270 g/mol. The molecule has 0 N–H and O–H groups in total. The van der Waals surface area contributed by atoms with E-state index in [1.807, 2.05) is 20.8 Å². The van der Waals surface area contributed by atoms with Gasteiger partial charge in [-0.1, -0.05) is 27.2 Å². The maximum atomic E-state index is 12.1. The van der Waals surface area contributed by atoms with Crippen LogP contribution in [0.25, 0.3) is 0 Å². The Morgan fingerprint density at radius 1 is 1.24 bits per heavy atom. The highest BCUT2D eigenvalue weighted by Crippen LogP contribution is 2.13. The van der Waals surface area contributed by atoms with Gasteiger partial charge in [0.2, 0.25) is 0 Å². The number of likely N-dealkylation sites (N-methyl/N-ethyl adjacent to an activating group) is 1. The molecule has 0 aromatic rings. The van der Waals surface area contributed by atoms with Crippen LogP contribution in [-0.4, -0.2) is 43.3 Å². The Morgan fingerprint density at radius 3 is 2.43 bits per heavy atom. The normalized spacial score (nSPS) is 11.6. The number of hydrogen-bond acceptors (Lipinski definition) is 4. The molecule has 5 nitrogen and oxygen atoms in total. The molecule has 0 fully saturated rings. The molecule has 1 atom stereocenters. The number of rotatable bonds is 9. The third-order valence-corrected chi connectivity index (χ3v) is 2.94. The summed E-state index contributed by atoms with van der Waals surface area (Å²) >= 11 is 0. The lowest BCUT2D eigenvalue weighted by Crippen LogP contribution is -2.44. The zero-order valence-electron chi connectivity index (χ0n) is 13.6. The molecule has 0 aliphatic rings. The third kappa shape index (κ3) is 8.23. The van der Waals surface area contributed by atoms with E-state index >= 15 is 0 Å². The summed E-state index contributed by atoms with van der Waals surface area (Å²) in [5.41, 5.74) is 0. The fourth-order valence-electron chi connectivity index (χ4n) is 1.70. The van der Waals surface area contributed by atoms with E-state index < -0.39 is 12.1 Å². The standard InChI is InChI=1S/C16H27NO4/c1-6-8-10-20-15(18)14(12-13(3)4)17(5)16(19)21-11-9-7-2/h2,13-14H,6,8-12H2,1,3-5H3/t14-/m0/s1. The van der Waals surface area contributed by atoms with Crippen LogP contribution in [0.5, 0.6) is 0 Å². The van der Waals surface area contributed by atoms with Crippen molar-refractivity contribution >= 4 is 12.1 Å². The van der Waals surface area contributed by atoms with Gasteiger partial charge in [0.15, 0.2) is 0 Å². The summed E-state index contributed by atoms with van der Waals surface area (Å²) in [5.74, 6) is 2.27. The summed E-state index contributed by atoms with van der Waals surface area (Å²) in [6, 6.07) is -0.625. The Balaban J connectivity index is 4.60. The predicted octanol–water partition coefficient (Wildman–Crippen LogP) is 2.84. The Bertz CT molecular complexity index is 360. The van der Waals surface area contributed by atoms with Gasteiger partial charge in [-0.15, -0.1) is 12.3 Å². The van der Waals surface area contributed by atoms with Crippen LogP contribution in [0.3, 0.4) is 0 Å². The molecule has 5 heteroatoms. The molecule has 0 saturated heterocycles. The lowest BCUT2D eigenvalue weighted by Gasteiger charge is -2.27. The molecule has 0 aliphatic carbocycles. The minimum Gasteiger partial charge on any atom is -0.464 e. The summed E-state index contributed by atoms with van der Waals surface area (Å²) in [7, 11) is 1.55. The van der Waals surface area contributed by atoms with Gasteiger partial charge in [-0.25, -0.2) is 9.59 Å². The van der Waals surface area contributed by atoms with Gasteiger partial charge in [0.1, 0.15) is 12.6 Å². The number of terminal acetylenes is 1. The molecule has 0 radical (unpaired) electrons. The highest BCUT2D eigenvalue weighted by Gasteiger charge is 2.29. The Kier molecular flexibility index (Phi) is 10.1. The third-order valence-electron chi connectivity index (χ3n) is 2.94. The molecule has 0 bridgehead atoms. The van der Waals surface area contributed by atoms with Crippen LogP contribution >= 0.6 is 0 Å². The summed E-state index contributed by atoms with van der Waals surface area (Å²) < 4.78 is 10.2. The number of carbonyl (C=O) groups excluding carboxylic acids is 2. The van der Waals surface area contributed by atoms with Crippen molar-refractivity contribution in [3.05, 3.63) is 0 Å². The van der Waals surface area contributed by atoms with Crippen molar-refractivity contribution in [2.24, 2.45) is 5.92 Å². The minimum atomic E-state index is -0.625. The van der Waals surface area contributed by atoms with E-state index in [0.717, 1.165) is 12.8 Å². The van der Waals surface area contributed by atoms with E-state index in [1.165, 1.54) is 4.90 Å². The smallest absolute Gasteiger partial charge is 0.410 e. The van der Waals surface area contributed by atoms with Gasteiger partial charge in [0.05, 0.1) is 6.61 Å². The van der Waals surface area contributed by atoms with Crippen molar-refractivity contribution in [3.63, 3.8) is 0 Å². The van der Waals surface area contributed by atoms with Gasteiger partial charge in [-0.05, 0) is 18.8 Å². The Morgan fingerprint density at radius 2 is 1.90 bits per heavy atom. The van der Waals surface area contributed by atoms with E-state index in [9.17, 15) is 9.59 Å². The van der Waals surface area contributed by atoms with Gasteiger partial charge in [-0.2, -0.15) is 0 Å². The van der Waals surface area contributed by atoms with Crippen molar-refractivity contribution in [2.75, 3.05) is 20.3 Å². The second-order valence-corrected chi connectivity index (χ2v) is 5.35. The fraction of sp³-hybridized carbons (Fsp3) is 0.750. The van der Waals surface area contributed by atoms with Crippen LogP contribution in [0, 0.1) is 18.3 Å². The van der Waals surface area contributed by atoms with Gasteiger partial charge >= 0.3 is 12.1 Å². The fourth-order valence-corrected chi connectivity index (χ4v) is 1.70. The largest absolute Gasteiger partial charge is 0.464 e. The first kappa shape index (κ1) is 19.3. The SMILES string of the molecule is C#CCCOC(=O)N(C)[C@@H](CC(C)C)C(=O)OCCCC. The molecule has 0 saturated carbocycles. The van der Waals surface area contributed by atoms with Crippen LogP contribution in [0.4, 0.5) is 4.79 Å². The summed E-state index contributed by atoms with van der Waals surface area (Å²) in [4.78, 5) is 25.3. The summed E-state index contributed by atoms with van der Waals surface area (Å²) in [6.07, 6.45) is 7.21. The number of esters is 1. The van der Waals surface area contributed by atoms with Crippen molar-refractivity contribution in [2.45, 2.75) is 52.5 Å². The molecule has 0 spiro atoms. The van der Waals surface area contributed by atoms with Crippen LogP contribution in [0.1, 0.15) is 46.5 Å². The van der Waals surface area contributed by atoms with Crippen LogP contribution in [0.15, 0.2) is 0 Å². The minimum absolute atomic E-state index is 0.152. The highest BCUT2D eigenvalue weighted by atomic mass is 16.6. The molecule has 1 amide bonds. The monoisotopic (exact) mass is 297 g/mol. The second kappa shape index (κ2) is 11.0. The average molecular weight is 297 g/mol. The van der Waals surface area contributed by atoms with Crippen molar-refractivity contribution < 1.29 is 19.1 Å². The average Bonchev–Trinajstić information content (AvgIpc) is 2.44. The zero-order chi connectivity index (χ0) is 16.3. The molecule has 0 rings (SSSR count). The summed E-state index contributed by atoms with van der Waals surface area (Å²) in [5, 5.41) is 0. The van der Waals surface area contributed by atoms with Gasteiger partial charge in [0, 0.05) is 13.5 Å². The highest BCUT2D eigenvalue weighted by molar-refractivity contribution is 5.81. The summed E-state index contributed by atoms with van der Waals surface area (Å²) in [6.45, 7) is 6.53. The molecule has 0 heterocycles. The first-order chi connectivity index (χ1) is 9.93. The zero-order valence-corrected chi connectivity index (χ0v) is 13.6. The van der Waals surface area contributed by atoms with Gasteiger partial charge < -0.3 is 9.47 Å². The predicted molar refractivity (Wildman–Crippen MR) is 81.7 cm³/mol. The lowest BCUT2D eigenvalue weighted by molar-refractivity contribution is -0.149. The van der Waals surface area contributed by atoms with Crippen molar-refractivity contribution in [1.29, 1.82) is 0 Å². The van der Waals surface area contributed by atoms with Crippen LogP contribution in [0.2, 0.25) is 0 Å². The number of ether oxygens (including phenoxy) is 2. The number of carbonyl (C=O) groups is 2. The van der Waals surface area contributed by atoms with Crippen molar-refractivity contribution in [1.82, 2.24) is 4.90 Å². The molecule has 0 aromatic heterocycles. The quantitative estimate of drug-likeness (QED) is 0.373. The van der Waals surface area contributed by atoms with Gasteiger partial charge in [0.25, 0.3) is 0 Å². The first-order valence-corrected chi connectivity index (χ1v) is 7.43. The van der Waals surface area contributed by atoms with E-state index in [1.54, 1.807) is 7.05 Å². The molecule has 0 unspecified atom stereocenters. The molecule has 120 valence electrons. The van der Waals surface area contributed by atoms with Crippen LogP contribution in [-0.2, 0) is 14.3 Å². The Hall–Kier alpha value is -1.70. The van der Waals surface area contributed by atoms with Crippen molar-refractivity contribution in [3.8, 4) is 12.3 Å². The topological polar surface area (TPSA) is 55.8 Å². The first-order valence-electron chi connectivity index (χ1n) is 7.43. The number of amides is 1. The lowest BCUT2D eigenvalue weighted by atomic mass is 10.0. The maximum Gasteiger partial charge on any atom is 0.410 e. The maximum absolute atomic E-state index is 12.1. The molecule has 21 heavy (non-hydrogen) atoms. The number of unbranched alkanes of at least 4 members (excludes halogenated alkanes) is 1. The number of hydrogen-bond donors (Lipinski definition) is 0. The Labute approximate surface area is 128 Å². The second-order valence-electron chi connectivity index (χ2n) is 5.35.